The molecule has 0 spiro atoms. The van der Waals surface area contributed by atoms with Crippen LogP contribution in [0.1, 0.15) is 5.56 Å². The van der Waals surface area contributed by atoms with Crippen molar-refractivity contribution in [3.8, 4) is 0 Å². The first kappa shape index (κ1) is 12.2. The number of nitrogens with one attached hydrogen (secondary N) is 1. The maximum Gasteiger partial charge on any atom is 0.0639 e. The van der Waals surface area contributed by atoms with Gasteiger partial charge in [-0.15, -0.1) is 0 Å². The summed E-state index contributed by atoms with van der Waals surface area (Å²) in [5.41, 5.74) is 3.48. The molecule has 1 N–H and O–H groups in total. The van der Waals surface area contributed by atoms with Crippen LogP contribution in [-0.4, -0.2) is 14.1 Å². The molecule has 0 atom stereocenters. The molecule has 92 valence electrons. The number of para-hydroxylation sites is 2. The summed E-state index contributed by atoms with van der Waals surface area (Å²) in [5.74, 6) is 0. The molecule has 18 heavy (non-hydrogen) atoms. The van der Waals surface area contributed by atoms with Gasteiger partial charge in [0.15, 0.2) is 0 Å². The first-order valence-corrected chi connectivity index (χ1v) is 6.04. The first-order chi connectivity index (χ1) is 8.81. The Morgan fingerprint density at radius 2 is 1.61 bits per heavy atom. The van der Waals surface area contributed by atoms with E-state index in [4.69, 9.17) is 0 Å². The van der Waals surface area contributed by atoms with Gasteiger partial charge in [-0.3, -0.25) is 0 Å². The molecule has 2 nitrogen and oxygen atoms in total. The molecule has 2 rings (SSSR count). The quantitative estimate of drug-likeness (QED) is 0.870. The Bertz CT molecular complexity index is 518. The van der Waals surface area contributed by atoms with Gasteiger partial charge in [-0.05, 0) is 23.8 Å². The third-order valence-electron chi connectivity index (χ3n) is 2.84. The number of hydrogen-bond acceptors (Lipinski definition) is 2. The fourth-order valence-electron chi connectivity index (χ4n) is 1.83. The highest BCUT2D eigenvalue weighted by Crippen LogP contribution is 2.24. The number of hydrogen-bond donors (Lipinski definition) is 1. The molecule has 0 fully saturated rings. The molecule has 0 aromatic heterocycles. The molecule has 2 aromatic rings. The second kappa shape index (κ2) is 5.92. The fraction of sp³-hybridized carbons (Fsp3) is 0.125. The molecular formula is C16H18N2. The maximum atomic E-state index is 3.20. The largest absolute Gasteiger partial charge is 0.386 e. The highest BCUT2D eigenvalue weighted by molar-refractivity contribution is 5.71. The predicted molar refractivity (Wildman–Crippen MR) is 79.9 cm³/mol. The van der Waals surface area contributed by atoms with E-state index in [1.807, 2.05) is 37.4 Å². The zero-order valence-electron chi connectivity index (χ0n) is 10.8. The van der Waals surface area contributed by atoms with Crippen LogP contribution in [-0.2, 0) is 0 Å². The Morgan fingerprint density at radius 3 is 2.33 bits per heavy atom. The monoisotopic (exact) mass is 238 g/mol. The van der Waals surface area contributed by atoms with Crippen LogP contribution in [0.4, 0.5) is 11.4 Å². The highest BCUT2D eigenvalue weighted by atomic mass is 15.1. The van der Waals surface area contributed by atoms with Crippen LogP contribution in [0.25, 0.3) is 6.08 Å². The van der Waals surface area contributed by atoms with Gasteiger partial charge in [0.05, 0.1) is 11.4 Å². The van der Waals surface area contributed by atoms with Gasteiger partial charge in [-0.2, -0.15) is 0 Å². The van der Waals surface area contributed by atoms with Crippen molar-refractivity contribution >= 4 is 17.5 Å². The van der Waals surface area contributed by atoms with E-state index in [9.17, 15) is 0 Å². The van der Waals surface area contributed by atoms with E-state index < -0.39 is 0 Å². The summed E-state index contributed by atoms with van der Waals surface area (Å²) >= 11 is 0. The van der Waals surface area contributed by atoms with Crippen molar-refractivity contribution in [2.75, 3.05) is 24.3 Å². The summed E-state index contributed by atoms with van der Waals surface area (Å²) in [6.07, 6.45) is 4.18. The van der Waals surface area contributed by atoms with Crippen LogP contribution >= 0.6 is 0 Å². The molecule has 0 aliphatic rings. The van der Waals surface area contributed by atoms with Crippen molar-refractivity contribution in [1.82, 2.24) is 0 Å². The molecule has 0 aliphatic carbocycles. The summed E-state index contributed by atoms with van der Waals surface area (Å²) in [4.78, 5) is 2.11. The van der Waals surface area contributed by atoms with Crippen molar-refractivity contribution < 1.29 is 0 Å². The standard InChI is InChI=1S/C16H18N2/c1-17-15-10-6-7-11-16(15)18(2)13-12-14-8-4-3-5-9-14/h3-13,17H,1-2H3/b13-12+. The summed E-state index contributed by atoms with van der Waals surface area (Å²) in [6.45, 7) is 0. The van der Waals surface area contributed by atoms with Crippen molar-refractivity contribution in [3.63, 3.8) is 0 Å². The number of rotatable bonds is 4. The fourth-order valence-corrected chi connectivity index (χ4v) is 1.83. The zero-order valence-corrected chi connectivity index (χ0v) is 10.8. The summed E-state index contributed by atoms with van der Waals surface area (Å²) in [5, 5.41) is 3.20. The minimum atomic E-state index is 1.12. The lowest BCUT2D eigenvalue weighted by Crippen LogP contribution is -2.09. The van der Waals surface area contributed by atoms with Gasteiger partial charge in [-0.25, -0.2) is 0 Å². The Labute approximate surface area is 109 Å². The Hall–Kier alpha value is -2.22. The van der Waals surface area contributed by atoms with Crippen molar-refractivity contribution in [2.45, 2.75) is 0 Å². The van der Waals surface area contributed by atoms with Gasteiger partial charge in [0, 0.05) is 20.3 Å². The second-order valence-corrected chi connectivity index (χ2v) is 4.10. The van der Waals surface area contributed by atoms with Crippen LogP contribution < -0.4 is 10.2 Å². The Kier molecular flexibility index (Phi) is 4.02. The van der Waals surface area contributed by atoms with E-state index in [-0.39, 0.29) is 0 Å². The zero-order chi connectivity index (χ0) is 12.8. The first-order valence-electron chi connectivity index (χ1n) is 6.04. The number of benzene rings is 2. The Balaban J connectivity index is 2.17. The van der Waals surface area contributed by atoms with Crippen molar-refractivity contribution in [3.05, 3.63) is 66.4 Å². The van der Waals surface area contributed by atoms with Gasteiger partial charge in [0.1, 0.15) is 0 Å². The third-order valence-corrected chi connectivity index (χ3v) is 2.84. The van der Waals surface area contributed by atoms with E-state index in [0.29, 0.717) is 0 Å². The van der Waals surface area contributed by atoms with Crippen LogP contribution in [0.2, 0.25) is 0 Å². The predicted octanol–water partition coefficient (Wildman–Crippen LogP) is 3.84. The van der Waals surface area contributed by atoms with Crippen molar-refractivity contribution in [2.24, 2.45) is 0 Å². The topological polar surface area (TPSA) is 15.3 Å². The third kappa shape index (κ3) is 2.92. The van der Waals surface area contributed by atoms with Gasteiger partial charge >= 0.3 is 0 Å². The van der Waals surface area contributed by atoms with Gasteiger partial charge in [0.25, 0.3) is 0 Å². The minimum Gasteiger partial charge on any atom is -0.386 e. The van der Waals surface area contributed by atoms with E-state index in [1.165, 1.54) is 5.56 Å². The molecule has 0 radical (unpaired) electrons. The summed E-state index contributed by atoms with van der Waals surface area (Å²) in [7, 11) is 3.99. The van der Waals surface area contributed by atoms with Crippen LogP contribution in [0.15, 0.2) is 60.8 Å². The molecule has 0 heterocycles. The highest BCUT2D eigenvalue weighted by Gasteiger charge is 2.01. The van der Waals surface area contributed by atoms with Crippen molar-refractivity contribution in [1.29, 1.82) is 0 Å². The minimum absolute atomic E-state index is 1.12. The molecule has 2 heteroatoms. The molecule has 0 aliphatic heterocycles. The van der Waals surface area contributed by atoms with Crippen LogP contribution in [0.3, 0.4) is 0 Å². The maximum absolute atomic E-state index is 3.20. The van der Waals surface area contributed by atoms with Gasteiger partial charge in [0.2, 0.25) is 0 Å². The lowest BCUT2D eigenvalue weighted by Gasteiger charge is -2.18. The summed E-state index contributed by atoms with van der Waals surface area (Å²) in [6, 6.07) is 18.5. The molecule has 0 saturated heterocycles. The van der Waals surface area contributed by atoms with Crippen LogP contribution in [0, 0.1) is 0 Å². The smallest absolute Gasteiger partial charge is 0.0639 e. The lowest BCUT2D eigenvalue weighted by atomic mass is 10.2. The van der Waals surface area contributed by atoms with E-state index in [1.54, 1.807) is 0 Å². The average Bonchev–Trinajstić information content (AvgIpc) is 2.45. The molecule has 0 amide bonds. The molecule has 0 unspecified atom stereocenters. The SMILES string of the molecule is CNc1ccccc1N(C)/C=C/c1ccccc1. The Morgan fingerprint density at radius 1 is 0.944 bits per heavy atom. The second-order valence-electron chi connectivity index (χ2n) is 4.10. The lowest BCUT2D eigenvalue weighted by molar-refractivity contribution is 1.21. The number of nitrogens with zero attached hydrogens (tertiary/aromatic N) is 1. The van der Waals surface area contributed by atoms with Gasteiger partial charge < -0.3 is 10.2 Å². The molecular weight excluding hydrogens is 220 g/mol. The van der Waals surface area contributed by atoms with E-state index >= 15 is 0 Å². The average molecular weight is 238 g/mol. The number of anilines is 2. The van der Waals surface area contributed by atoms with E-state index in [0.717, 1.165) is 11.4 Å². The molecule has 2 aromatic carbocycles. The molecule has 0 bridgehead atoms. The normalized spacial score (nSPS) is 10.6. The van der Waals surface area contributed by atoms with Crippen LogP contribution in [0.5, 0.6) is 0 Å². The van der Waals surface area contributed by atoms with E-state index in [2.05, 4.69) is 53.8 Å². The molecule has 0 saturated carbocycles. The summed E-state index contributed by atoms with van der Waals surface area (Å²) < 4.78 is 0. The van der Waals surface area contributed by atoms with Gasteiger partial charge in [-0.1, -0.05) is 42.5 Å².